The molecule has 1 aliphatic rings. The van der Waals surface area contributed by atoms with Crippen LogP contribution >= 0.6 is 11.8 Å². The first-order chi connectivity index (χ1) is 9.26. The Morgan fingerprint density at radius 3 is 2.95 bits per heavy atom. The number of amides is 1. The van der Waals surface area contributed by atoms with Gasteiger partial charge in [0, 0.05) is 11.3 Å². The van der Waals surface area contributed by atoms with Gasteiger partial charge in [-0.25, -0.2) is 0 Å². The molecule has 1 aromatic rings. The topological polar surface area (TPSA) is 67.2 Å². The number of nitrogens with two attached hydrogens (primary N) is 1. The van der Waals surface area contributed by atoms with Crippen LogP contribution in [0.5, 0.6) is 0 Å². The minimum atomic E-state index is -0.0397. The van der Waals surface area contributed by atoms with Crippen molar-refractivity contribution in [3.8, 4) is 0 Å². The monoisotopic (exact) mass is 279 g/mol. The molecule has 0 heterocycles. The fraction of sp³-hybridized carbons (Fsp3) is 0.500. The molecule has 0 spiro atoms. The molecule has 0 bridgehead atoms. The highest BCUT2D eigenvalue weighted by atomic mass is 32.2. The van der Waals surface area contributed by atoms with Crippen molar-refractivity contribution in [3.63, 3.8) is 0 Å². The quantitative estimate of drug-likeness (QED) is 0.572. The van der Waals surface area contributed by atoms with Crippen LogP contribution in [-0.2, 0) is 0 Å². The van der Waals surface area contributed by atoms with Crippen molar-refractivity contribution in [3.05, 3.63) is 29.8 Å². The third kappa shape index (κ3) is 3.42. The number of rotatable bonds is 5. The fourth-order valence-electron chi connectivity index (χ4n) is 2.56. The van der Waals surface area contributed by atoms with Crippen LogP contribution in [0.2, 0.25) is 0 Å². The van der Waals surface area contributed by atoms with Crippen molar-refractivity contribution in [1.29, 1.82) is 0 Å². The second kappa shape index (κ2) is 6.82. The van der Waals surface area contributed by atoms with Gasteiger partial charge in [0.05, 0.1) is 11.3 Å². The molecule has 1 amide bonds. The fourth-order valence-corrected chi connectivity index (χ4v) is 3.76. The summed E-state index contributed by atoms with van der Waals surface area (Å²) in [5.41, 5.74) is 3.84. The lowest BCUT2D eigenvalue weighted by Gasteiger charge is -2.20. The maximum atomic E-state index is 12.3. The Bertz CT molecular complexity index is 438. The molecule has 1 aromatic carbocycles. The highest BCUT2D eigenvalue weighted by molar-refractivity contribution is 7.99. The summed E-state index contributed by atoms with van der Waals surface area (Å²) in [4.78, 5) is 12.3. The van der Waals surface area contributed by atoms with Gasteiger partial charge in [-0.2, -0.15) is 11.8 Å². The summed E-state index contributed by atoms with van der Waals surface area (Å²) in [6.07, 6.45) is 3.46. The summed E-state index contributed by atoms with van der Waals surface area (Å²) in [6, 6.07) is 7.59. The highest BCUT2D eigenvalue weighted by Gasteiger charge is 2.29. The molecule has 19 heavy (non-hydrogen) atoms. The molecule has 1 fully saturated rings. The van der Waals surface area contributed by atoms with Gasteiger partial charge in [0.2, 0.25) is 0 Å². The first kappa shape index (κ1) is 14.2. The van der Waals surface area contributed by atoms with Gasteiger partial charge in [0.15, 0.2) is 0 Å². The highest BCUT2D eigenvalue weighted by Crippen LogP contribution is 2.30. The van der Waals surface area contributed by atoms with Crippen LogP contribution in [0.4, 0.5) is 5.69 Å². The van der Waals surface area contributed by atoms with E-state index in [9.17, 15) is 4.79 Å². The van der Waals surface area contributed by atoms with Crippen molar-refractivity contribution in [2.45, 2.75) is 37.5 Å². The number of anilines is 1. The molecule has 2 unspecified atom stereocenters. The molecule has 0 radical (unpaired) electrons. The van der Waals surface area contributed by atoms with E-state index in [1.165, 1.54) is 12.8 Å². The van der Waals surface area contributed by atoms with Crippen molar-refractivity contribution >= 4 is 23.4 Å². The number of para-hydroxylation sites is 1. The minimum absolute atomic E-state index is 0.0397. The van der Waals surface area contributed by atoms with Crippen LogP contribution in [0.1, 0.15) is 36.5 Å². The van der Waals surface area contributed by atoms with E-state index < -0.39 is 0 Å². The predicted octanol–water partition coefficient (Wildman–Crippen LogP) is 2.38. The number of hydrogen-bond acceptors (Lipinski definition) is 4. The van der Waals surface area contributed by atoms with Gasteiger partial charge in [0.1, 0.15) is 0 Å². The first-order valence-corrected chi connectivity index (χ1v) is 7.79. The number of carbonyl (C=O) groups is 1. The third-order valence-corrected chi connectivity index (χ3v) is 4.80. The summed E-state index contributed by atoms with van der Waals surface area (Å²) in [7, 11) is 0. The smallest absolute Gasteiger partial charge is 0.253 e. The molecular weight excluding hydrogens is 258 g/mol. The molecular formula is C14H21N3OS. The lowest BCUT2D eigenvalue weighted by molar-refractivity contribution is 0.0939. The second-order valence-electron chi connectivity index (χ2n) is 4.69. The lowest BCUT2D eigenvalue weighted by Crippen LogP contribution is -2.39. The standard InChI is InChI=1S/C14H21N3OS/c1-2-19-13-9-5-8-12(13)16-14(18)10-6-3-4-7-11(10)17-15/h3-4,6-7,12-13,17H,2,5,8-9,15H2,1H3,(H,16,18). The Morgan fingerprint density at radius 1 is 1.42 bits per heavy atom. The molecule has 2 atom stereocenters. The van der Waals surface area contributed by atoms with Gasteiger partial charge in [-0.1, -0.05) is 25.5 Å². The van der Waals surface area contributed by atoms with Crippen LogP contribution in [0.15, 0.2) is 24.3 Å². The van der Waals surface area contributed by atoms with E-state index in [0.29, 0.717) is 16.5 Å². The summed E-state index contributed by atoms with van der Waals surface area (Å²) in [5, 5.41) is 3.70. The molecule has 0 aliphatic heterocycles. The van der Waals surface area contributed by atoms with Gasteiger partial charge in [-0.3, -0.25) is 10.6 Å². The number of nitrogen functional groups attached to an aromatic ring is 1. The third-order valence-electron chi connectivity index (χ3n) is 3.48. The van der Waals surface area contributed by atoms with Crippen molar-refractivity contribution in [2.75, 3.05) is 11.2 Å². The van der Waals surface area contributed by atoms with E-state index in [2.05, 4.69) is 17.7 Å². The predicted molar refractivity (Wildman–Crippen MR) is 81.3 cm³/mol. The molecule has 2 rings (SSSR count). The molecule has 4 N–H and O–H groups in total. The van der Waals surface area contributed by atoms with Crippen LogP contribution < -0.4 is 16.6 Å². The summed E-state index contributed by atoms with van der Waals surface area (Å²) < 4.78 is 0. The number of benzene rings is 1. The van der Waals surface area contributed by atoms with Crippen LogP contribution in [-0.4, -0.2) is 23.0 Å². The molecule has 104 valence electrons. The zero-order valence-electron chi connectivity index (χ0n) is 11.2. The van der Waals surface area contributed by atoms with Gasteiger partial charge in [-0.15, -0.1) is 0 Å². The molecule has 5 heteroatoms. The molecule has 1 saturated carbocycles. The Hall–Kier alpha value is -1.20. The summed E-state index contributed by atoms with van der Waals surface area (Å²) in [6.45, 7) is 2.16. The number of hydrogen-bond donors (Lipinski definition) is 3. The number of carbonyl (C=O) groups excluding carboxylic acids is 1. The minimum Gasteiger partial charge on any atom is -0.348 e. The van der Waals surface area contributed by atoms with E-state index in [1.54, 1.807) is 6.07 Å². The maximum absolute atomic E-state index is 12.3. The SMILES string of the molecule is CCSC1CCCC1NC(=O)c1ccccc1NN. The average molecular weight is 279 g/mol. The summed E-state index contributed by atoms with van der Waals surface area (Å²) in [5.74, 6) is 6.49. The van der Waals surface area contributed by atoms with Gasteiger partial charge in [0.25, 0.3) is 5.91 Å². The van der Waals surface area contributed by atoms with Crippen molar-refractivity contribution in [1.82, 2.24) is 5.32 Å². The van der Waals surface area contributed by atoms with Crippen LogP contribution in [0.25, 0.3) is 0 Å². The van der Waals surface area contributed by atoms with Crippen molar-refractivity contribution in [2.24, 2.45) is 5.84 Å². The zero-order valence-corrected chi connectivity index (χ0v) is 12.0. The molecule has 0 saturated heterocycles. The van der Waals surface area contributed by atoms with Gasteiger partial charge >= 0.3 is 0 Å². The molecule has 0 aromatic heterocycles. The normalized spacial score (nSPS) is 22.2. The van der Waals surface area contributed by atoms with E-state index in [-0.39, 0.29) is 11.9 Å². The zero-order chi connectivity index (χ0) is 13.7. The van der Waals surface area contributed by atoms with E-state index in [0.717, 1.165) is 12.2 Å². The van der Waals surface area contributed by atoms with Crippen LogP contribution in [0, 0.1) is 0 Å². The Kier molecular flexibility index (Phi) is 5.10. The van der Waals surface area contributed by atoms with Gasteiger partial charge in [-0.05, 0) is 30.7 Å². The second-order valence-corrected chi connectivity index (χ2v) is 6.21. The Morgan fingerprint density at radius 2 is 2.21 bits per heavy atom. The lowest BCUT2D eigenvalue weighted by atomic mass is 10.1. The first-order valence-electron chi connectivity index (χ1n) is 6.74. The van der Waals surface area contributed by atoms with Crippen molar-refractivity contribution < 1.29 is 4.79 Å². The van der Waals surface area contributed by atoms with E-state index in [4.69, 9.17) is 5.84 Å². The molecule has 1 aliphatic carbocycles. The number of nitrogens with one attached hydrogen (secondary N) is 2. The van der Waals surface area contributed by atoms with Crippen LogP contribution in [0.3, 0.4) is 0 Å². The van der Waals surface area contributed by atoms with E-state index in [1.807, 2.05) is 30.0 Å². The van der Waals surface area contributed by atoms with Gasteiger partial charge < -0.3 is 10.7 Å². The Labute approximate surface area is 118 Å². The summed E-state index contributed by atoms with van der Waals surface area (Å²) >= 11 is 1.94. The largest absolute Gasteiger partial charge is 0.348 e. The Balaban J connectivity index is 2.04. The maximum Gasteiger partial charge on any atom is 0.253 e. The van der Waals surface area contributed by atoms with E-state index >= 15 is 0 Å². The number of hydrazine groups is 1. The number of thioether (sulfide) groups is 1. The average Bonchev–Trinajstić information content (AvgIpc) is 2.86. The molecule has 4 nitrogen and oxygen atoms in total.